The Morgan fingerprint density at radius 3 is 2.64 bits per heavy atom. The number of carbonyl (C=O) groups is 1. The second kappa shape index (κ2) is 11.2. The number of nitrogens with zero attached hydrogens (tertiary/aromatic N) is 1. The fraction of sp³-hybridized carbons (Fsp3) is 0.536. The van der Waals surface area contributed by atoms with E-state index in [1.807, 2.05) is 12.1 Å². The summed E-state index contributed by atoms with van der Waals surface area (Å²) in [5.41, 5.74) is 3.06. The first-order valence-corrected chi connectivity index (χ1v) is 12.4. The molecule has 4 rings (SSSR count). The van der Waals surface area contributed by atoms with Gasteiger partial charge < -0.3 is 14.8 Å². The van der Waals surface area contributed by atoms with Crippen molar-refractivity contribution in [2.24, 2.45) is 5.41 Å². The molecule has 5 heteroatoms. The predicted octanol–water partition coefficient (Wildman–Crippen LogP) is 4.69. The highest BCUT2D eigenvalue weighted by Crippen LogP contribution is 2.36. The van der Waals surface area contributed by atoms with Crippen molar-refractivity contribution < 1.29 is 14.3 Å². The molecule has 2 fully saturated rings. The van der Waals surface area contributed by atoms with Crippen LogP contribution in [0.15, 0.2) is 48.5 Å². The molecule has 178 valence electrons. The Labute approximate surface area is 198 Å². The Bertz CT molecular complexity index is 923. The maximum Gasteiger partial charge on any atom is 0.226 e. The van der Waals surface area contributed by atoms with Gasteiger partial charge in [0.25, 0.3) is 0 Å². The van der Waals surface area contributed by atoms with Crippen molar-refractivity contribution in [2.45, 2.75) is 51.5 Å². The average molecular weight is 451 g/mol. The summed E-state index contributed by atoms with van der Waals surface area (Å²) in [6, 6.07) is 17.3. The SMILES string of the molecule is COc1cccc(-c2cccc(CC3(C(=O)NCCN4CCCCC4C)CCOCC3)c2)c1. The Morgan fingerprint density at radius 2 is 1.88 bits per heavy atom. The predicted molar refractivity (Wildman–Crippen MR) is 133 cm³/mol. The lowest BCUT2D eigenvalue weighted by atomic mass is 9.74. The van der Waals surface area contributed by atoms with Crippen LogP contribution in [0.5, 0.6) is 5.75 Å². The first-order chi connectivity index (χ1) is 16.1. The van der Waals surface area contributed by atoms with Gasteiger partial charge in [0.05, 0.1) is 12.5 Å². The normalized spacial score (nSPS) is 20.8. The van der Waals surface area contributed by atoms with Crippen LogP contribution in [0.4, 0.5) is 0 Å². The molecule has 0 aliphatic carbocycles. The van der Waals surface area contributed by atoms with Crippen molar-refractivity contribution in [1.29, 1.82) is 0 Å². The fourth-order valence-corrected chi connectivity index (χ4v) is 5.29. The van der Waals surface area contributed by atoms with Gasteiger partial charge in [-0.15, -0.1) is 0 Å². The number of hydrogen-bond acceptors (Lipinski definition) is 4. The molecule has 33 heavy (non-hydrogen) atoms. The van der Waals surface area contributed by atoms with E-state index < -0.39 is 5.41 Å². The molecule has 1 amide bonds. The van der Waals surface area contributed by atoms with Crippen LogP contribution >= 0.6 is 0 Å². The van der Waals surface area contributed by atoms with Gasteiger partial charge in [-0.1, -0.05) is 42.8 Å². The van der Waals surface area contributed by atoms with Crippen molar-refractivity contribution in [3.05, 3.63) is 54.1 Å². The molecular formula is C28H38N2O3. The summed E-state index contributed by atoms with van der Waals surface area (Å²) in [4.78, 5) is 16.0. The van der Waals surface area contributed by atoms with Crippen LogP contribution in [0.25, 0.3) is 11.1 Å². The van der Waals surface area contributed by atoms with Gasteiger partial charge >= 0.3 is 0 Å². The number of hydrogen-bond donors (Lipinski definition) is 1. The largest absolute Gasteiger partial charge is 0.497 e. The van der Waals surface area contributed by atoms with Crippen molar-refractivity contribution in [1.82, 2.24) is 10.2 Å². The molecule has 0 spiro atoms. The van der Waals surface area contributed by atoms with Crippen LogP contribution in [0.3, 0.4) is 0 Å². The Kier molecular flexibility index (Phi) is 8.05. The second-order valence-electron chi connectivity index (χ2n) is 9.64. The summed E-state index contributed by atoms with van der Waals surface area (Å²) < 4.78 is 11.0. The summed E-state index contributed by atoms with van der Waals surface area (Å²) in [6.45, 7) is 6.39. The van der Waals surface area contributed by atoms with Crippen molar-refractivity contribution in [2.75, 3.05) is 40.0 Å². The maximum absolute atomic E-state index is 13.5. The fourth-order valence-electron chi connectivity index (χ4n) is 5.29. The summed E-state index contributed by atoms with van der Waals surface area (Å²) in [5, 5.41) is 3.29. The van der Waals surface area contributed by atoms with Crippen LogP contribution in [0.1, 0.15) is 44.6 Å². The van der Waals surface area contributed by atoms with E-state index >= 15 is 0 Å². The standard InChI is InChI=1S/C28H38N2O3/c1-22-7-3-4-15-30(22)16-14-29-27(31)28(12-17-33-18-13-28)21-23-8-5-9-24(19-23)25-10-6-11-26(20-25)32-2/h5-6,8-11,19-20,22H,3-4,7,12-18,21H2,1-2H3,(H,29,31). The van der Waals surface area contributed by atoms with E-state index in [-0.39, 0.29) is 5.91 Å². The number of amides is 1. The molecule has 0 radical (unpaired) electrons. The Balaban J connectivity index is 1.45. The zero-order valence-electron chi connectivity index (χ0n) is 20.1. The van der Waals surface area contributed by atoms with Gasteiger partial charge in [-0.05, 0) is 74.4 Å². The number of nitrogens with one attached hydrogen (secondary N) is 1. The lowest BCUT2D eigenvalue weighted by molar-refractivity contribution is -0.136. The van der Waals surface area contributed by atoms with Gasteiger partial charge in [-0.25, -0.2) is 0 Å². The average Bonchev–Trinajstić information content (AvgIpc) is 2.86. The minimum absolute atomic E-state index is 0.183. The number of piperidine rings is 1. The van der Waals surface area contributed by atoms with Crippen molar-refractivity contribution >= 4 is 5.91 Å². The van der Waals surface area contributed by atoms with E-state index in [0.717, 1.165) is 55.8 Å². The zero-order valence-corrected chi connectivity index (χ0v) is 20.1. The van der Waals surface area contributed by atoms with Gasteiger partial charge in [-0.3, -0.25) is 9.69 Å². The molecule has 0 saturated carbocycles. The highest BCUT2D eigenvalue weighted by Gasteiger charge is 2.40. The topological polar surface area (TPSA) is 50.8 Å². The van der Waals surface area contributed by atoms with E-state index in [4.69, 9.17) is 9.47 Å². The first kappa shape index (κ1) is 23.8. The molecule has 0 aromatic heterocycles. The van der Waals surface area contributed by atoms with E-state index in [1.54, 1.807) is 7.11 Å². The molecule has 1 atom stereocenters. The van der Waals surface area contributed by atoms with Gasteiger partial charge in [-0.2, -0.15) is 0 Å². The van der Waals surface area contributed by atoms with Crippen LogP contribution in [0, 0.1) is 5.41 Å². The molecule has 2 aliphatic rings. The molecular weight excluding hydrogens is 412 g/mol. The minimum atomic E-state index is -0.404. The first-order valence-electron chi connectivity index (χ1n) is 12.4. The number of rotatable bonds is 8. The lowest BCUT2D eigenvalue weighted by Crippen LogP contribution is -2.49. The molecule has 2 aromatic carbocycles. The number of likely N-dealkylation sites (tertiary alicyclic amines) is 1. The number of methoxy groups -OCH3 is 1. The highest BCUT2D eigenvalue weighted by molar-refractivity contribution is 5.83. The van der Waals surface area contributed by atoms with Crippen LogP contribution in [-0.4, -0.2) is 56.8 Å². The summed E-state index contributed by atoms with van der Waals surface area (Å²) in [5.74, 6) is 1.03. The van der Waals surface area contributed by atoms with Gasteiger partial charge in [0.2, 0.25) is 5.91 Å². The third kappa shape index (κ3) is 5.96. The van der Waals surface area contributed by atoms with Crippen molar-refractivity contribution in [3.63, 3.8) is 0 Å². The second-order valence-corrected chi connectivity index (χ2v) is 9.64. The van der Waals surface area contributed by atoms with E-state index in [0.29, 0.717) is 19.3 Å². The molecule has 1 unspecified atom stereocenters. The number of ether oxygens (including phenoxy) is 2. The number of carbonyl (C=O) groups excluding carboxylic acids is 1. The lowest BCUT2D eigenvalue weighted by Gasteiger charge is -2.37. The summed E-state index contributed by atoms with van der Waals surface area (Å²) >= 11 is 0. The smallest absolute Gasteiger partial charge is 0.226 e. The molecule has 2 heterocycles. The Hall–Kier alpha value is -2.37. The van der Waals surface area contributed by atoms with Gasteiger partial charge in [0, 0.05) is 32.3 Å². The minimum Gasteiger partial charge on any atom is -0.497 e. The van der Waals surface area contributed by atoms with Gasteiger partial charge in [0.15, 0.2) is 0 Å². The third-order valence-electron chi connectivity index (χ3n) is 7.43. The molecule has 1 N–H and O–H groups in total. The highest BCUT2D eigenvalue weighted by atomic mass is 16.5. The Morgan fingerprint density at radius 1 is 1.12 bits per heavy atom. The van der Waals surface area contributed by atoms with E-state index in [1.165, 1.54) is 24.8 Å². The van der Waals surface area contributed by atoms with Crippen LogP contribution in [-0.2, 0) is 16.0 Å². The summed E-state index contributed by atoms with van der Waals surface area (Å²) in [7, 11) is 1.69. The van der Waals surface area contributed by atoms with E-state index in [9.17, 15) is 4.79 Å². The van der Waals surface area contributed by atoms with Gasteiger partial charge in [0.1, 0.15) is 5.75 Å². The number of benzene rings is 2. The summed E-state index contributed by atoms with van der Waals surface area (Å²) in [6.07, 6.45) is 6.12. The molecule has 2 aliphatic heterocycles. The third-order valence-corrected chi connectivity index (χ3v) is 7.43. The zero-order chi connectivity index (χ0) is 23.1. The molecule has 0 bridgehead atoms. The quantitative estimate of drug-likeness (QED) is 0.634. The monoisotopic (exact) mass is 450 g/mol. The maximum atomic E-state index is 13.5. The van der Waals surface area contributed by atoms with E-state index in [2.05, 4.69) is 53.5 Å². The van der Waals surface area contributed by atoms with Crippen LogP contribution < -0.4 is 10.1 Å². The molecule has 2 aromatic rings. The molecule has 5 nitrogen and oxygen atoms in total. The molecule has 2 saturated heterocycles. The van der Waals surface area contributed by atoms with Crippen molar-refractivity contribution in [3.8, 4) is 16.9 Å². The van der Waals surface area contributed by atoms with Crippen LogP contribution in [0.2, 0.25) is 0 Å².